The fraction of sp³-hybridized carbons (Fsp3) is 0.267. The molecule has 0 fully saturated rings. The van der Waals surface area contributed by atoms with Crippen LogP contribution in [-0.4, -0.2) is 21.0 Å². The molecule has 0 saturated carbocycles. The Bertz CT molecular complexity index is 703. The molecule has 0 aliphatic carbocycles. The molecule has 7 heteroatoms. The number of hydrogen-bond acceptors (Lipinski definition) is 3. The third-order valence-electron chi connectivity index (χ3n) is 2.61. The van der Waals surface area contributed by atoms with E-state index in [1.807, 2.05) is 0 Å². The Balaban J connectivity index is 2.95. The monoisotopic (exact) mass is 324 g/mol. The maximum absolute atomic E-state index is 13.0. The van der Waals surface area contributed by atoms with E-state index in [2.05, 4.69) is 15.2 Å². The van der Waals surface area contributed by atoms with Crippen molar-refractivity contribution in [2.45, 2.75) is 27.3 Å². The first-order chi connectivity index (χ1) is 10.5. The largest absolute Gasteiger partial charge is 0.343 e. The number of nitrogens with one attached hydrogen (secondary N) is 1. The summed E-state index contributed by atoms with van der Waals surface area (Å²) in [6.07, 6.45) is 8.96. The lowest BCUT2D eigenvalue weighted by Crippen LogP contribution is -2.17. The minimum Gasteiger partial charge on any atom is -0.272 e. The lowest BCUT2D eigenvalue weighted by atomic mass is 10.2. The highest BCUT2D eigenvalue weighted by molar-refractivity contribution is 6.29. The summed E-state index contributed by atoms with van der Waals surface area (Å²) in [5, 5.41) is 6.90. The van der Waals surface area contributed by atoms with E-state index in [1.54, 1.807) is 39.1 Å². The number of hydrogen-bond donors (Lipinski definition) is 1. The molecular formula is C15H18ClFN4O. The highest BCUT2D eigenvalue weighted by atomic mass is 35.5. The van der Waals surface area contributed by atoms with Gasteiger partial charge in [0.05, 0.1) is 0 Å². The summed E-state index contributed by atoms with van der Waals surface area (Å²) >= 11 is 5.65. The number of aromatic nitrogens is 3. The van der Waals surface area contributed by atoms with Crippen LogP contribution in [0, 0.1) is 0 Å². The van der Waals surface area contributed by atoms with Crippen molar-refractivity contribution in [1.82, 2.24) is 14.8 Å². The van der Waals surface area contributed by atoms with Crippen LogP contribution in [0.4, 0.5) is 4.39 Å². The first-order valence-corrected chi connectivity index (χ1v) is 6.99. The van der Waals surface area contributed by atoms with Crippen molar-refractivity contribution in [1.29, 1.82) is 0 Å². The Morgan fingerprint density at radius 2 is 2.23 bits per heavy atom. The van der Waals surface area contributed by atoms with E-state index in [0.717, 1.165) is 5.57 Å². The second-order valence-electron chi connectivity index (χ2n) is 4.40. The molecule has 0 amide bonds. The van der Waals surface area contributed by atoms with Gasteiger partial charge in [-0.2, -0.15) is 5.10 Å². The maximum Gasteiger partial charge on any atom is 0.343 e. The number of halogens is 2. The van der Waals surface area contributed by atoms with Crippen LogP contribution in [-0.2, 0) is 6.54 Å². The van der Waals surface area contributed by atoms with Gasteiger partial charge in [0.25, 0.3) is 0 Å². The predicted molar refractivity (Wildman–Crippen MR) is 88.6 cm³/mol. The molecule has 1 rings (SSSR count). The molecule has 118 valence electrons. The van der Waals surface area contributed by atoms with Crippen LogP contribution in [0.5, 0.6) is 0 Å². The molecule has 5 nitrogen and oxygen atoms in total. The third kappa shape index (κ3) is 5.65. The van der Waals surface area contributed by atoms with Crippen LogP contribution in [0.15, 0.2) is 51.2 Å². The normalized spacial score (nSPS) is 14.5. The zero-order valence-electron chi connectivity index (χ0n) is 12.7. The van der Waals surface area contributed by atoms with E-state index in [1.165, 1.54) is 22.9 Å². The Hall–Kier alpha value is -2.21. The van der Waals surface area contributed by atoms with Gasteiger partial charge in [-0.3, -0.25) is 9.56 Å². The summed E-state index contributed by atoms with van der Waals surface area (Å²) in [6.45, 7) is 5.33. The molecule has 1 heterocycles. The second kappa shape index (κ2) is 8.94. The molecule has 0 saturated heterocycles. The number of allylic oxidation sites excluding steroid dienone is 7. The van der Waals surface area contributed by atoms with Gasteiger partial charge in [-0.15, -0.1) is 0 Å². The Morgan fingerprint density at radius 1 is 1.50 bits per heavy atom. The van der Waals surface area contributed by atoms with Gasteiger partial charge in [-0.05, 0) is 38.5 Å². The van der Waals surface area contributed by atoms with Crippen molar-refractivity contribution in [2.75, 3.05) is 0 Å². The van der Waals surface area contributed by atoms with E-state index in [4.69, 9.17) is 11.6 Å². The molecule has 1 N–H and O–H groups in total. The lowest BCUT2D eigenvalue weighted by molar-refractivity contribution is 0.661. The number of rotatable bonds is 6. The number of aromatic amines is 1. The molecule has 0 radical (unpaired) electrons. The first kappa shape index (κ1) is 17.8. The zero-order valence-corrected chi connectivity index (χ0v) is 13.4. The standard InChI is InChI=1S/C15H18ClFN4O/c1-4-13(17)6-5-9-21-14(19-20-15(21)22)11(2)7-8-18-10-12(3)16/h4-8,10H,9H2,1-3H3,(H,20,22)/b6-5-,11-7+,12-10+,13-4+,18-8+. The Morgan fingerprint density at radius 3 is 2.86 bits per heavy atom. The molecule has 0 bridgehead atoms. The fourth-order valence-corrected chi connectivity index (χ4v) is 1.59. The quantitative estimate of drug-likeness (QED) is 0.642. The van der Waals surface area contributed by atoms with E-state index in [0.29, 0.717) is 10.9 Å². The average molecular weight is 325 g/mol. The molecule has 0 aliphatic rings. The van der Waals surface area contributed by atoms with E-state index >= 15 is 0 Å². The van der Waals surface area contributed by atoms with Gasteiger partial charge < -0.3 is 0 Å². The average Bonchev–Trinajstić information content (AvgIpc) is 2.84. The van der Waals surface area contributed by atoms with Crippen molar-refractivity contribution in [3.8, 4) is 0 Å². The van der Waals surface area contributed by atoms with Gasteiger partial charge in [0.1, 0.15) is 5.83 Å². The van der Waals surface area contributed by atoms with Crippen LogP contribution < -0.4 is 5.69 Å². The summed E-state index contributed by atoms with van der Waals surface area (Å²) in [5.41, 5.74) is 0.379. The molecule has 0 aliphatic heterocycles. The van der Waals surface area contributed by atoms with Gasteiger partial charge in [-0.1, -0.05) is 23.8 Å². The van der Waals surface area contributed by atoms with Crippen LogP contribution in [0.2, 0.25) is 0 Å². The SMILES string of the molecule is C/C=C(F)\C=C/Cn1c(/C(C)=C/C=N/C=C(\C)Cl)n[nH]c1=O. The summed E-state index contributed by atoms with van der Waals surface area (Å²) < 4.78 is 14.4. The van der Waals surface area contributed by atoms with Gasteiger partial charge in [0, 0.05) is 24.0 Å². The first-order valence-electron chi connectivity index (χ1n) is 6.62. The third-order valence-corrected chi connectivity index (χ3v) is 2.71. The second-order valence-corrected chi connectivity index (χ2v) is 5.00. The highest BCUT2D eigenvalue weighted by Crippen LogP contribution is 2.08. The molecule has 1 aromatic heterocycles. The molecular weight excluding hydrogens is 307 g/mol. The number of aliphatic imine (C=N–C) groups is 1. The summed E-state index contributed by atoms with van der Waals surface area (Å²) in [7, 11) is 0. The smallest absolute Gasteiger partial charge is 0.272 e. The van der Waals surface area contributed by atoms with Crippen molar-refractivity contribution in [3.05, 3.63) is 57.7 Å². The van der Waals surface area contributed by atoms with E-state index in [9.17, 15) is 9.18 Å². The molecule has 0 atom stereocenters. The van der Waals surface area contributed by atoms with Crippen LogP contribution >= 0.6 is 11.6 Å². The van der Waals surface area contributed by atoms with Crippen molar-refractivity contribution in [2.24, 2.45) is 4.99 Å². The van der Waals surface area contributed by atoms with Crippen molar-refractivity contribution >= 4 is 23.4 Å². The summed E-state index contributed by atoms with van der Waals surface area (Å²) in [6, 6.07) is 0. The van der Waals surface area contributed by atoms with Gasteiger partial charge in [0.15, 0.2) is 5.82 Å². The highest BCUT2D eigenvalue weighted by Gasteiger charge is 2.07. The Kier molecular flexibility index (Phi) is 7.25. The van der Waals surface area contributed by atoms with Crippen LogP contribution in [0.25, 0.3) is 5.57 Å². The number of nitrogens with zero attached hydrogens (tertiary/aromatic N) is 3. The Labute approximate surface area is 133 Å². The van der Waals surface area contributed by atoms with Crippen molar-refractivity contribution < 1.29 is 4.39 Å². The van der Waals surface area contributed by atoms with Gasteiger partial charge in [-0.25, -0.2) is 14.3 Å². The van der Waals surface area contributed by atoms with Crippen molar-refractivity contribution in [3.63, 3.8) is 0 Å². The van der Waals surface area contributed by atoms with Crippen LogP contribution in [0.1, 0.15) is 26.6 Å². The minimum atomic E-state index is -0.360. The van der Waals surface area contributed by atoms with E-state index in [-0.39, 0.29) is 18.1 Å². The van der Waals surface area contributed by atoms with E-state index < -0.39 is 0 Å². The predicted octanol–water partition coefficient (Wildman–Crippen LogP) is 3.58. The number of H-pyrrole nitrogens is 1. The molecule has 0 unspecified atom stereocenters. The summed E-state index contributed by atoms with van der Waals surface area (Å²) in [5.74, 6) is 0.106. The zero-order chi connectivity index (χ0) is 16.5. The van der Waals surface area contributed by atoms with Crippen LogP contribution in [0.3, 0.4) is 0 Å². The molecule has 22 heavy (non-hydrogen) atoms. The minimum absolute atomic E-state index is 0.217. The maximum atomic E-state index is 13.0. The molecule has 0 aromatic carbocycles. The fourth-order valence-electron chi connectivity index (χ4n) is 1.53. The van der Waals surface area contributed by atoms with Gasteiger partial charge in [0.2, 0.25) is 0 Å². The summed E-state index contributed by atoms with van der Waals surface area (Å²) in [4.78, 5) is 15.7. The molecule has 1 aromatic rings. The lowest BCUT2D eigenvalue weighted by Gasteiger charge is -2.01. The molecule has 0 spiro atoms. The van der Waals surface area contributed by atoms with Gasteiger partial charge >= 0.3 is 5.69 Å². The topological polar surface area (TPSA) is 63.0 Å².